The standard InChI is InChI=1S/C24H24N2O3S/c1-17(18-8-4-3-5-9-18)25-24(28)21-10-6-7-11-22(21)26-23(27)16-29-19-12-14-20(30-2)15-13-19/h3-15,17H,16H2,1-2H3,(H,25,28)(H,26,27)/t17-/m1/s1. The zero-order valence-electron chi connectivity index (χ0n) is 16.9. The second kappa shape index (κ2) is 10.5. The molecule has 0 aliphatic rings. The van der Waals surface area contributed by atoms with Gasteiger partial charge in [-0.1, -0.05) is 42.5 Å². The van der Waals surface area contributed by atoms with Crippen LogP contribution in [0.3, 0.4) is 0 Å². The maximum absolute atomic E-state index is 12.8. The third-order valence-corrected chi connectivity index (χ3v) is 5.27. The van der Waals surface area contributed by atoms with Crippen molar-refractivity contribution < 1.29 is 14.3 Å². The highest BCUT2D eigenvalue weighted by Crippen LogP contribution is 2.20. The van der Waals surface area contributed by atoms with E-state index in [2.05, 4.69) is 10.6 Å². The van der Waals surface area contributed by atoms with Crippen molar-refractivity contribution in [3.8, 4) is 5.75 Å². The number of hydrogen-bond acceptors (Lipinski definition) is 4. The number of rotatable bonds is 8. The molecule has 2 N–H and O–H groups in total. The minimum Gasteiger partial charge on any atom is -0.484 e. The Morgan fingerprint density at radius 3 is 2.30 bits per heavy atom. The number of ether oxygens (including phenoxy) is 1. The summed E-state index contributed by atoms with van der Waals surface area (Å²) < 4.78 is 5.54. The van der Waals surface area contributed by atoms with Gasteiger partial charge < -0.3 is 15.4 Å². The summed E-state index contributed by atoms with van der Waals surface area (Å²) in [6, 6.07) is 24.0. The highest BCUT2D eigenvalue weighted by molar-refractivity contribution is 7.98. The van der Waals surface area contributed by atoms with Crippen LogP contribution in [0.5, 0.6) is 5.75 Å². The summed E-state index contributed by atoms with van der Waals surface area (Å²) >= 11 is 1.64. The van der Waals surface area contributed by atoms with Crippen LogP contribution in [-0.2, 0) is 4.79 Å². The van der Waals surface area contributed by atoms with Crippen molar-refractivity contribution in [3.05, 3.63) is 90.0 Å². The molecule has 0 aliphatic carbocycles. The van der Waals surface area contributed by atoms with Crippen molar-refractivity contribution in [3.63, 3.8) is 0 Å². The fourth-order valence-electron chi connectivity index (χ4n) is 2.90. The van der Waals surface area contributed by atoms with Gasteiger partial charge in [-0.3, -0.25) is 9.59 Å². The van der Waals surface area contributed by atoms with Crippen LogP contribution in [0.15, 0.2) is 83.8 Å². The van der Waals surface area contributed by atoms with Crippen molar-refractivity contribution >= 4 is 29.3 Å². The largest absolute Gasteiger partial charge is 0.484 e. The highest BCUT2D eigenvalue weighted by Gasteiger charge is 2.16. The number of carbonyl (C=O) groups excluding carboxylic acids is 2. The molecule has 30 heavy (non-hydrogen) atoms. The summed E-state index contributed by atoms with van der Waals surface area (Å²) in [6.07, 6.45) is 2.00. The molecule has 1 atom stereocenters. The molecule has 5 nitrogen and oxygen atoms in total. The number of carbonyl (C=O) groups is 2. The molecule has 0 saturated heterocycles. The van der Waals surface area contributed by atoms with Gasteiger partial charge in [0, 0.05) is 4.90 Å². The van der Waals surface area contributed by atoms with E-state index >= 15 is 0 Å². The number of nitrogens with one attached hydrogen (secondary N) is 2. The lowest BCUT2D eigenvalue weighted by molar-refractivity contribution is -0.118. The van der Waals surface area contributed by atoms with Gasteiger partial charge in [0.25, 0.3) is 11.8 Å². The molecule has 0 unspecified atom stereocenters. The SMILES string of the molecule is CSc1ccc(OCC(=O)Nc2ccccc2C(=O)N[C@H](C)c2ccccc2)cc1. The molecule has 154 valence electrons. The first-order valence-electron chi connectivity index (χ1n) is 9.58. The predicted molar refractivity (Wildman–Crippen MR) is 121 cm³/mol. The topological polar surface area (TPSA) is 67.4 Å². The highest BCUT2D eigenvalue weighted by atomic mass is 32.2. The first-order valence-corrected chi connectivity index (χ1v) is 10.8. The number of hydrogen-bond donors (Lipinski definition) is 2. The zero-order valence-corrected chi connectivity index (χ0v) is 17.7. The Labute approximate surface area is 180 Å². The van der Waals surface area contributed by atoms with Crippen molar-refractivity contribution in [2.45, 2.75) is 17.9 Å². The van der Waals surface area contributed by atoms with Gasteiger partial charge in [-0.05, 0) is 55.1 Å². The molecule has 3 rings (SSSR count). The molecular formula is C24H24N2O3S. The lowest BCUT2D eigenvalue weighted by Gasteiger charge is -2.16. The Kier molecular flexibility index (Phi) is 7.51. The van der Waals surface area contributed by atoms with E-state index in [0.29, 0.717) is 17.0 Å². The van der Waals surface area contributed by atoms with Crippen LogP contribution in [0.2, 0.25) is 0 Å². The molecule has 0 radical (unpaired) electrons. The number of thioether (sulfide) groups is 1. The monoisotopic (exact) mass is 420 g/mol. The molecule has 0 spiro atoms. The zero-order chi connectivity index (χ0) is 21.3. The summed E-state index contributed by atoms with van der Waals surface area (Å²) in [5, 5.41) is 5.74. The molecule has 0 aliphatic heterocycles. The van der Waals surface area contributed by atoms with Crippen molar-refractivity contribution in [2.24, 2.45) is 0 Å². The first-order chi connectivity index (χ1) is 14.6. The van der Waals surface area contributed by atoms with E-state index in [1.807, 2.05) is 67.8 Å². The van der Waals surface area contributed by atoms with Crippen LogP contribution in [0.25, 0.3) is 0 Å². The normalized spacial score (nSPS) is 11.4. The predicted octanol–water partition coefficient (Wildman–Crippen LogP) is 4.92. The second-order valence-corrected chi connectivity index (χ2v) is 7.54. The van der Waals surface area contributed by atoms with Gasteiger partial charge in [0.1, 0.15) is 5.75 Å². The minimum absolute atomic E-state index is 0.144. The quantitative estimate of drug-likeness (QED) is 0.508. The Morgan fingerprint density at radius 1 is 0.933 bits per heavy atom. The third kappa shape index (κ3) is 5.87. The smallest absolute Gasteiger partial charge is 0.262 e. The Balaban J connectivity index is 1.61. The third-order valence-electron chi connectivity index (χ3n) is 4.52. The van der Waals surface area contributed by atoms with E-state index in [-0.39, 0.29) is 24.5 Å². The van der Waals surface area contributed by atoms with E-state index in [9.17, 15) is 9.59 Å². The van der Waals surface area contributed by atoms with Gasteiger partial charge in [0.05, 0.1) is 17.3 Å². The molecular weight excluding hydrogens is 396 g/mol. The summed E-state index contributed by atoms with van der Waals surface area (Å²) in [7, 11) is 0. The van der Waals surface area contributed by atoms with Crippen LogP contribution in [0, 0.1) is 0 Å². The molecule has 0 aromatic heterocycles. The Bertz CT molecular complexity index is 991. The van der Waals surface area contributed by atoms with Gasteiger partial charge in [0.15, 0.2) is 6.61 Å². The minimum atomic E-state index is -0.333. The van der Waals surface area contributed by atoms with E-state index in [1.54, 1.807) is 36.0 Å². The lowest BCUT2D eigenvalue weighted by Crippen LogP contribution is -2.28. The van der Waals surface area contributed by atoms with Crippen LogP contribution in [0.4, 0.5) is 5.69 Å². The fourth-order valence-corrected chi connectivity index (χ4v) is 3.30. The van der Waals surface area contributed by atoms with Gasteiger partial charge in [-0.2, -0.15) is 0 Å². The number of anilines is 1. The molecule has 0 saturated carbocycles. The summed E-state index contributed by atoms with van der Waals surface area (Å²) in [4.78, 5) is 26.3. The van der Waals surface area contributed by atoms with Crippen LogP contribution in [0.1, 0.15) is 28.9 Å². The fraction of sp³-hybridized carbons (Fsp3) is 0.167. The van der Waals surface area contributed by atoms with Gasteiger partial charge >= 0.3 is 0 Å². The van der Waals surface area contributed by atoms with Crippen LogP contribution >= 0.6 is 11.8 Å². The molecule has 3 aromatic carbocycles. The molecule has 3 aromatic rings. The number of benzene rings is 3. The Hall–Kier alpha value is -3.25. The van der Waals surface area contributed by atoms with Gasteiger partial charge in [0.2, 0.25) is 0 Å². The number of para-hydroxylation sites is 1. The summed E-state index contributed by atoms with van der Waals surface area (Å²) in [6.45, 7) is 1.78. The van der Waals surface area contributed by atoms with E-state index in [4.69, 9.17) is 4.74 Å². The molecule has 2 amide bonds. The lowest BCUT2D eigenvalue weighted by atomic mass is 10.1. The van der Waals surface area contributed by atoms with E-state index in [1.165, 1.54) is 0 Å². The van der Waals surface area contributed by atoms with Crippen LogP contribution < -0.4 is 15.4 Å². The maximum Gasteiger partial charge on any atom is 0.262 e. The molecule has 0 fully saturated rings. The van der Waals surface area contributed by atoms with Gasteiger partial charge in [-0.25, -0.2) is 0 Å². The second-order valence-electron chi connectivity index (χ2n) is 6.66. The Morgan fingerprint density at radius 2 is 1.60 bits per heavy atom. The van der Waals surface area contributed by atoms with Crippen LogP contribution in [-0.4, -0.2) is 24.7 Å². The van der Waals surface area contributed by atoms with E-state index < -0.39 is 0 Å². The average molecular weight is 421 g/mol. The van der Waals surface area contributed by atoms with Crippen molar-refractivity contribution in [1.82, 2.24) is 5.32 Å². The van der Waals surface area contributed by atoms with Crippen molar-refractivity contribution in [1.29, 1.82) is 0 Å². The van der Waals surface area contributed by atoms with E-state index in [0.717, 1.165) is 10.5 Å². The average Bonchev–Trinajstić information content (AvgIpc) is 2.79. The first kappa shape index (κ1) is 21.5. The summed E-state index contributed by atoms with van der Waals surface area (Å²) in [5.74, 6) is 0.0294. The maximum atomic E-state index is 12.8. The van der Waals surface area contributed by atoms with Crippen molar-refractivity contribution in [2.75, 3.05) is 18.2 Å². The molecule has 6 heteroatoms. The van der Waals surface area contributed by atoms with Gasteiger partial charge in [-0.15, -0.1) is 11.8 Å². The number of amides is 2. The molecule has 0 heterocycles. The summed E-state index contributed by atoms with van der Waals surface area (Å²) in [5.41, 5.74) is 1.85. The molecule has 0 bridgehead atoms.